The lowest BCUT2D eigenvalue weighted by Crippen LogP contribution is -2.28. The number of carboxylic acids is 1. The average molecular weight is 446 g/mol. The van der Waals surface area contributed by atoms with Crippen molar-refractivity contribution in [2.24, 2.45) is 0 Å². The van der Waals surface area contributed by atoms with Crippen LogP contribution in [0.5, 0.6) is 5.75 Å². The van der Waals surface area contributed by atoms with Gasteiger partial charge >= 0.3 is 5.97 Å². The zero-order valence-corrected chi connectivity index (χ0v) is 16.8. The number of carbonyl (C=O) groups excluding carboxylic acids is 2. The maximum atomic E-state index is 14.2. The summed E-state index contributed by atoms with van der Waals surface area (Å²) in [4.78, 5) is 54.3. The first-order valence-corrected chi connectivity index (χ1v) is 9.90. The predicted octanol–water partition coefficient (Wildman–Crippen LogP) is 1.57. The van der Waals surface area contributed by atoms with Gasteiger partial charge in [0.1, 0.15) is 4.83 Å². The number of amides is 2. The van der Waals surface area contributed by atoms with Crippen LogP contribution in [0.1, 0.15) is 34.6 Å². The number of anilines is 1. The maximum Gasteiger partial charge on any atom is 0.310 e. The van der Waals surface area contributed by atoms with Crippen molar-refractivity contribution in [3.63, 3.8) is 0 Å². The van der Waals surface area contributed by atoms with Crippen LogP contribution in [0.4, 0.5) is 10.1 Å². The van der Waals surface area contributed by atoms with Crippen molar-refractivity contribution >= 4 is 45.0 Å². The molecule has 2 aromatic heterocycles. The molecule has 1 aliphatic rings. The molecule has 4 N–H and O–H groups in total. The number of rotatable bonds is 5. The Labute approximate surface area is 177 Å². The number of thiophene rings is 1. The van der Waals surface area contributed by atoms with Crippen LogP contribution in [0, 0.1) is 5.82 Å². The summed E-state index contributed by atoms with van der Waals surface area (Å²) >= 11 is 1.06. The quantitative estimate of drug-likeness (QED) is 0.464. The van der Waals surface area contributed by atoms with Gasteiger partial charge < -0.3 is 25.5 Å². The fraction of sp³-hybridized carbons (Fsp3) is 0.211. The van der Waals surface area contributed by atoms with Gasteiger partial charge in [-0.1, -0.05) is 0 Å². The molecule has 3 aromatic rings. The summed E-state index contributed by atoms with van der Waals surface area (Å²) in [6.07, 6.45) is 0. The summed E-state index contributed by atoms with van der Waals surface area (Å²) in [5, 5.41) is 15.8. The third-order valence-electron chi connectivity index (χ3n) is 4.70. The summed E-state index contributed by atoms with van der Waals surface area (Å²) in [6, 6.07) is 2.63. The van der Waals surface area contributed by atoms with Gasteiger partial charge in [-0.2, -0.15) is 0 Å². The molecule has 1 aliphatic heterocycles. The predicted molar refractivity (Wildman–Crippen MR) is 108 cm³/mol. The standard InChI is InChI=1S/C19H15FN4O6S/c1-7(19(28)29)9-6-31-18-13(9)16(26)23-15(24-18)17(27)21-4-8-2-10(20)14-11(3-8)22-12(25)5-30-14/h2-3,6-7H,4-5H2,1H3,(H,21,27)(H,22,25)(H,28,29)(H,23,24,26). The molecule has 31 heavy (non-hydrogen) atoms. The number of aromatic nitrogens is 2. The Kier molecular flexibility index (Phi) is 5.15. The van der Waals surface area contributed by atoms with E-state index in [0.717, 1.165) is 17.4 Å². The molecule has 4 rings (SSSR count). The zero-order chi connectivity index (χ0) is 22.3. The van der Waals surface area contributed by atoms with Gasteiger partial charge in [-0.05, 0) is 35.6 Å². The molecule has 0 fully saturated rings. The van der Waals surface area contributed by atoms with E-state index in [0.29, 0.717) is 11.1 Å². The molecule has 2 amide bonds. The molecule has 0 bridgehead atoms. The van der Waals surface area contributed by atoms with Crippen LogP contribution >= 0.6 is 11.3 Å². The Morgan fingerprint density at radius 1 is 1.39 bits per heavy atom. The number of nitrogens with one attached hydrogen (secondary N) is 3. The number of aromatic amines is 1. The highest BCUT2D eigenvalue weighted by atomic mass is 32.1. The van der Waals surface area contributed by atoms with Crippen LogP contribution in [0.25, 0.3) is 10.2 Å². The number of H-pyrrole nitrogens is 1. The molecular weight excluding hydrogens is 431 g/mol. The van der Waals surface area contributed by atoms with Crippen molar-refractivity contribution in [1.29, 1.82) is 0 Å². The molecule has 1 atom stereocenters. The van der Waals surface area contributed by atoms with Crippen LogP contribution in [-0.4, -0.2) is 39.5 Å². The summed E-state index contributed by atoms with van der Waals surface area (Å²) in [5.41, 5.74) is 0.209. The highest BCUT2D eigenvalue weighted by Gasteiger charge is 2.23. The number of benzene rings is 1. The zero-order valence-electron chi connectivity index (χ0n) is 15.9. The fourth-order valence-electron chi connectivity index (χ4n) is 3.11. The normalized spacial score (nSPS) is 13.8. The highest BCUT2D eigenvalue weighted by molar-refractivity contribution is 7.16. The number of ether oxygens (including phenoxy) is 1. The minimum atomic E-state index is -1.08. The van der Waals surface area contributed by atoms with Crippen molar-refractivity contribution in [3.8, 4) is 5.75 Å². The summed E-state index contributed by atoms with van der Waals surface area (Å²) < 4.78 is 19.2. The Morgan fingerprint density at radius 3 is 2.90 bits per heavy atom. The highest BCUT2D eigenvalue weighted by Crippen LogP contribution is 2.32. The van der Waals surface area contributed by atoms with E-state index in [9.17, 15) is 28.7 Å². The Bertz CT molecular complexity index is 1300. The smallest absolute Gasteiger partial charge is 0.310 e. The van der Waals surface area contributed by atoms with E-state index in [1.165, 1.54) is 18.4 Å². The maximum absolute atomic E-state index is 14.2. The lowest BCUT2D eigenvalue weighted by molar-refractivity contribution is -0.138. The van der Waals surface area contributed by atoms with E-state index in [1.54, 1.807) is 0 Å². The Morgan fingerprint density at radius 2 is 2.16 bits per heavy atom. The number of aliphatic carboxylic acids is 1. The molecule has 12 heteroatoms. The first kappa shape index (κ1) is 20.5. The first-order chi connectivity index (χ1) is 14.7. The van der Waals surface area contributed by atoms with E-state index >= 15 is 0 Å². The van der Waals surface area contributed by atoms with Crippen molar-refractivity contribution in [1.82, 2.24) is 15.3 Å². The van der Waals surface area contributed by atoms with Gasteiger partial charge in [-0.15, -0.1) is 11.3 Å². The number of fused-ring (bicyclic) bond motifs is 2. The van der Waals surface area contributed by atoms with Crippen LogP contribution in [0.3, 0.4) is 0 Å². The monoisotopic (exact) mass is 446 g/mol. The minimum absolute atomic E-state index is 0.0739. The molecular formula is C19H15FN4O6S. The number of hydrogen-bond acceptors (Lipinski definition) is 7. The van der Waals surface area contributed by atoms with Crippen LogP contribution in [0.15, 0.2) is 22.3 Å². The third-order valence-corrected chi connectivity index (χ3v) is 5.59. The number of carboxylic acid groups (broad SMARTS) is 1. The average Bonchev–Trinajstić information content (AvgIpc) is 3.15. The molecule has 0 saturated heterocycles. The lowest BCUT2D eigenvalue weighted by Gasteiger charge is -2.19. The Balaban J connectivity index is 1.55. The fourth-order valence-corrected chi connectivity index (χ4v) is 4.14. The van der Waals surface area contributed by atoms with E-state index in [1.807, 2.05) is 0 Å². The SMILES string of the molecule is CC(C(=O)O)c1csc2nc(C(=O)NCc3cc(F)c4c(c3)NC(=O)CO4)[nH]c(=O)c12. The van der Waals surface area contributed by atoms with E-state index in [-0.39, 0.29) is 40.6 Å². The topological polar surface area (TPSA) is 150 Å². The molecule has 0 saturated carbocycles. The van der Waals surface area contributed by atoms with Crippen LogP contribution in [-0.2, 0) is 16.1 Å². The first-order valence-electron chi connectivity index (χ1n) is 9.02. The lowest BCUT2D eigenvalue weighted by atomic mass is 10.0. The van der Waals surface area contributed by atoms with E-state index in [4.69, 9.17) is 4.74 Å². The van der Waals surface area contributed by atoms with E-state index in [2.05, 4.69) is 20.6 Å². The van der Waals surface area contributed by atoms with Gasteiger partial charge in [-0.25, -0.2) is 9.37 Å². The summed E-state index contributed by atoms with van der Waals surface area (Å²) in [6.45, 7) is 1.07. The molecule has 0 aliphatic carbocycles. The van der Waals surface area contributed by atoms with Crippen molar-refractivity contribution in [2.45, 2.75) is 19.4 Å². The Hall–Kier alpha value is -3.80. The second kappa shape index (κ2) is 7.80. The summed E-state index contributed by atoms with van der Waals surface area (Å²) in [5.74, 6) is -4.14. The molecule has 10 nitrogen and oxygen atoms in total. The van der Waals surface area contributed by atoms with Gasteiger partial charge in [0, 0.05) is 6.54 Å². The number of halogens is 1. The molecule has 1 unspecified atom stereocenters. The molecule has 0 radical (unpaired) electrons. The van der Waals surface area contributed by atoms with Crippen LogP contribution in [0.2, 0.25) is 0 Å². The largest absolute Gasteiger partial charge is 0.481 e. The third kappa shape index (κ3) is 3.84. The van der Waals surface area contributed by atoms with Crippen LogP contribution < -0.4 is 20.9 Å². The van der Waals surface area contributed by atoms with Gasteiger partial charge in [-0.3, -0.25) is 19.2 Å². The van der Waals surface area contributed by atoms with Gasteiger partial charge in [0.15, 0.2) is 18.2 Å². The molecule has 3 heterocycles. The molecule has 1 aromatic carbocycles. The number of carbonyl (C=O) groups is 3. The van der Waals surface area contributed by atoms with Gasteiger partial charge in [0.25, 0.3) is 17.4 Å². The van der Waals surface area contributed by atoms with Gasteiger partial charge in [0.2, 0.25) is 5.82 Å². The second-order valence-corrected chi connectivity index (χ2v) is 7.68. The van der Waals surface area contributed by atoms with Crippen molar-refractivity contribution < 1.29 is 28.6 Å². The molecule has 160 valence electrons. The van der Waals surface area contributed by atoms with E-state index < -0.39 is 35.1 Å². The molecule has 0 spiro atoms. The minimum Gasteiger partial charge on any atom is -0.481 e. The number of nitrogens with zero attached hydrogens (tertiary/aromatic N) is 1. The summed E-state index contributed by atoms with van der Waals surface area (Å²) in [7, 11) is 0. The second-order valence-electron chi connectivity index (χ2n) is 6.82. The number of hydrogen-bond donors (Lipinski definition) is 4. The van der Waals surface area contributed by atoms with Crippen molar-refractivity contribution in [2.75, 3.05) is 11.9 Å². The van der Waals surface area contributed by atoms with Gasteiger partial charge in [0.05, 0.1) is 17.0 Å². The van der Waals surface area contributed by atoms with Crippen molar-refractivity contribution in [3.05, 3.63) is 50.6 Å².